The van der Waals surface area contributed by atoms with E-state index in [-0.39, 0.29) is 19.8 Å². The predicted octanol–water partition coefficient (Wildman–Crippen LogP) is 3.60. The van der Waals surface area contributed by atoms with Crippen molar-refractivity contribution in [3.8, 4) is 0 Å². The third-order valence-electron chi connectivity index (χ3n) is 2.75. The third kappa shape index (κ3) is 14.0. The lowest BCUT2D eigenvalue weighted by Gasteiger charge is -2.12. The van der Waals surface area contributed by atoms with Crippen LogP contribution < -0.4 is 0 Å². The molecule has 0 saturated carbocycles. The van der Waals surface area contributed by atoms with Crippen molar-refractivity contribution in [1.82, 2.24) is 0 Å². The van der Waals surface area contributed by atoms with Crippen molar-refractivity contribution in [1.29, 1.82) is 0 Å². The molecule has 1 unspecified atom stereocenters. The lowest BCUT2D eigenvalue weighted by Crippen LogP contribution is -2.08. The summed E-state index contributed by atoms with van der Waals surface area (Å²) in [5.41, 5.74) is 0. The first-order valence-corrected chi connectivity index (χ1v) is 8.92. The zero-order valence-electron chi connectivity index (χ0n) is 12.8. The van der Waals surface area contributed by atoms with Crippen molar-refractivity contribution < 1.29 is 28.0 Å². The van der Waals surface area contributed by atoms with Crippen LogP contribution in [-0.2, 0) is 23.1 Å². The number of ether oxygens (including phenoxy) is 1. The Bertz CT molecular complexity index is 331. The van der Waals surface area contributed by atoms with Gasteiger partial charge in [0.1, 0.15) is 6.61 Å². The fourth-order valence-electron chi connectivity index (χ4n) is 1.63. The van der Waals surface area contributed by atoms with Crippen LogP contribution >= 0.6 is 7.82 Å². The molecule has 0 heterocycles. The van der Waals surface area contributed by atoms with E-state index in [1.807, 2.05) is 0 Å². The van der Waals surface area contributed by atoms with Crippen LogP contribution in [0.4, 0.5) is 0 Å². The molecule has 0 fully saturated rings. The molecule has 0 aromatic heterocycles. The average Bonchev–Trinajstić information content (AvgIpc) is 2.46. The van der Waals surface area contributed by atoms with Gasteiger partial charge in [0, 0.05) is 6.08 Å². The van der Waals surface area contributed by atoms with Gasteiger partial charge >= 0.3 is 13.8 Å². The fraction of sp³-hybridized carbons (Fsp3) is 0.786. The normalized spacial score (nSPS) is 13.6. The highest BCUT2D eigenvalue weighted by molar-refractivity contribution is 7.47. The van der Waals surface area contributed by atoms with Gasteiger partial charge in [0.25, 0.3) is 0 Å². The molecule has 0 rings (SSSR count). The summed E-state index contributed by atoms with van der Waals surface area (Å²) < 4.78 is 25.5. The summed E-state index contributed by atoms with van der Waals surface area (Å²) in [6.45, 7) is 5.28. The number of rotatable bonds is 14. The molecular weight excluding hydrogens is 295 g/mol. The van der Waals surface area contributed by atoms with E-state index < -0.39 is 13.8 Å². The summed E-state index contributed by atoms with van der Waals surface area (Å²) in [5, 5.41) is 0. The van der Waals surface area contributed by atoms with Gasteiger partial charge in [0.15, 0.2) is 0 Å². The van der Waals surface area contributed by atoms with Crippen LogP contribution in [-0.4, -0.2) is 30.7 Å². The number of unbranched alkanes of at least 4 members (excludes halogenated alkanes) is 6. The molecule has 0 saturated heterocycles. The summed E-state index contributed by atoms with van der Waals surface area (Å²) >= 11 is 0. The minimum absolute atomic E-state index is 0.115. The van der Waals surface area contributed by atoms with Crippen molar-refractivity contribution >= 4 is 13.8 Å². The maximum atomic E-state index is 11.5. The van der Waals surface area contributed by atoms with Gasteiger partial charge in [-0.1, -0.05) is 52.0 Å². The van der Waals surface area contributed by atoms with Crippen LogP contribution in [0.25, 0.3) is 0 Å². The van der Waals surface area contributed by atoms with Gasteiger partial charge in [-0.05, 0) is 6.42 Å². The molecule has 0 aliphatic rings. The van der Waals surface area contributed by atoms with Crippen LogP contribution in [0, 0.1) is 0 Å². The smallest absolute Gasteiger partial charge is 0.460 e. The molecular formula is C14H27O6P. The highest BCUT2D eigenvalue weighted by Crippen LogP contribution is 2.43. The minimum Gasteiger partial charge on any atom is -0.460 e. The molecule has 0 aromatic rings. The Morgan fingerprint density at radius 2 is 1.62 bits per heavy atom. The summed E-state index contributed by atoms with van der Waals surface area (Å²) in [5.74, 6) is -0.602. The van der Waals surface area contributed by atoms with E-state index in [9.17, 15) is 14.3 Å². The van der Waals surface area contributed by atoms with Crippen LogP contribution in [0.5, 0.6) is 0 Å². The minimum atomic E-state index is -4.04. The van der Waals surface area contributed by atoms with Crippen molar-refractivity contribution in [2.45, 2.75) is 51.9 Å². The summed E-state index contributed by atoms with van der Waals surface area (Å²) in [6.07, 6.45) is 8.72. The van der Waals surface area contributed by atoms with E-state index in [0.29, 0.717) is 0 Å². The summed E-state index contributed by atoms with van der Waals surface area (Å²) in [4.78, 5) is 20.1. The summed E-state index contributed by atoms with van der Waals surface area (Å²) in [7, 11) is -4.04. The average molecular weight is 322 g/mol. The van der Waals surface area contributed by atoms with E-state index in [4.69, 9.17) is 4.52 Å². The molecule has 124 valence electrons. The largest absolute Gasteiger partial charge is 0.472 e. The number of hydrogen-bond donors (Lipinski definition) is 1. The Labute approximate surface area is 127 Å². The van der Waals surface area contributed by atoms with Gasteiger partial charge in [-0.25, -0.2) is 9.36 Å². The molecule has 0 aliphatic heterocycles. The van der Waals surface area contributed by atoms with Gasteiger partial charge in [0.05, 0.1) is 13.2 Å². The second kappa shape index (κ2) is 13.0. The van der Waals surface area contributed by atoms with Crippen LogP contribution in [0.3, 0.4) is 0 Å². The Morgan fingerprint density at radius 1 is 1.05 bits per heavy atom. The standard InChI is InChI=1S/C14H27O6P/c1-3-5-6-7-8-9-10-11-19-21(16,17)20-13-12-18-14(15)4-2/h4H,2-3,5-13H2,1H3,(H,16,17). The first-order valence-electron chi connectivity index (χ1n) is 7.43. The Kier molecular flexibility index (Phi) is 12.6. The first-order chi connectivity index (χ1) is 10.0. The molecule has 21 heavy (non-hydrogen) atoms. The SMILES string of the molecule is C=CC(=O)OCCOP(=O)(O)OCCCCCCCCC. The molecule has 0 amide bonds. The zero-order chi connectivity index (χ0) is 16.0. The number of esters is 1. The number of phosphoric acid groups is 1. The van der Waals surface area contributed by atoms with Crippen molar-refractivity contribution in [2.75, 3.05) is 19.8 Å². The molecule has 1 atom stereocenters. The summed E-state index contributed by atoms with van der Waals surface area (Å²) in [6, 6.07) is 0. The fourth-order valence-corrected chi connectivity index (χ4v) is 2.37. The first kappa shape index (κ1) is 20.3. The number of carbonyl (C=O) groups is 1. The second-order valence-electron chi connectivity index (χ2n) is 4.63. The molecule has 0 radical (unpaired) electrons. The topological polar surface area (TPSA) is 82.1 Å². The highest BCUT2D eigenvalue weighted by atomic mass is 31.2. The van der Waals surface area contributed by atoms with E-state index in [2.05, 4.69) is 22.8 Å². The Morgan fingerprint density at radius 3 is 2.24 bits per heavy atom. The highest BCUT2D eigenvalue weighted by Gasteiger charge is 2.20. The molecule has 0 spiro atoms. The van der Waals surface area contributed by atoms with Crippen molar-refractivity contribution in [3.63, 3.8) is 0 Å². The van der Waals surface area contributed by atoms with Crippen LogP contribution in [0.2, 0.25) is 0 Å². The number of hydrogen-bond acceptors (Lipinski definition) is 5. The van der Waals surface area contributed by atoms with Crippen LogP contribution in [0.1, 0.15) is 51.9 Å². The molecule has 6 nitrogen and oxygen atoms in total. The maximum absolute atomic E-state index is 11.5. The maximum Gasteiger partial charge on any atom is 0.472 e. The molecule has 1 N–H and O–H groups in total. The van der Waals surface area contributed by atoms with Gasteiger partial charge < -0.3 is 9.63 Å². The molecule has 0 aromatic carbocycles. The van der Waals surface area contributed by atoms with E-state index in [1.165, 1.54) is 25.7 Å². The molecule has 0 aliphatic carbocycles. The monoisotopic (exact) mass is 322 g/mol. The quantitative estimate of drug-likeness (QED) is 0.228. The Balaban J connectivity index is 3.48. The molecule has 7 heteroatoms. The third-order valence-corrected chi connectivity index (χ3v) is 3.77. The van der Waals surface area contributed by atoms with Crippen molar-refractivity contribution in [2.24, 2.45) is 0 Å². The van der Waals surface area contributed by atoms with E-state index in [1.54, 1.807) is 0 Å². The lowest BCUT2D eigenvalue weighted by atomic mass is 10.1. The van der Waals surface area contributed by atoms with Gasteiger partial charge in [0.2, 0.25) is 0 Å². The second-order valence-corrected chi connectivity index (χ2v) is 6.08. The van der Waals surface area contributed by atoms with Crippen molar-refractivity contribution in [3.05, 3.63) is 12.7 Å². The van der Waals surface area contributed by atoms with E-state index >= 15 is 0 Å². The van der Waals surface area contributed by atoms with Gasteiger partial charge in [-0.2, -0.15) is 0 Å². The van der Waals surface area contributed by atoms with E-state index in [0.717, 1.165) is 25.3 Å². The number of phosphoric ester groups is 1. The zero-order valence-corrected chi connectivity index (χ0v) is 13.7. The van der Waals surface area contributed by atoms with Gasteiger partial charge in [-0.15, -0.1) is 0 Å². The Hall–Kier alpha value is -0.680. The number of carbonyl (C=O) groups excluding carboxylic acids is 1. The lowest BCUT2D eigenvalue weighted by molar-refractivity contribution is -0.138. The van der Waals surface area contributed by atoms with Crippen LogP contribution in [0.15, 0.2) is 12.7 Å². The van der Waals surface area contributed by atoms with Gasteiger partial charge in [-0.3, -0.25) is 9.05 Å². The predicted molar refractivity (Wildman–Crippen MR) is 80.9 cm³/mol. The molecule has 0 bridgehead atoms.